The number of rotatable bonds is 0. The van der Waals surface area contributed by atoms with Crippen LogP contribution in [0.2, 0.25) is 0 Å². The van der Waals surface area contributed by atoms with Gasteiger partial charge >= 0.3 is 0 Å². The number of aryl methyl sites for hydroxylation is 1. The highest BCUT2D eigenvalue weighted by molar-refractivity contribution is 5.48. The van der Waals surface area contributed by atoms with Crippen molar-refractivity contribution in [3.8, 4) is 11.5 Å². The first kappa shape index (κ1) is 14.3. The topological polar surface area (TPSA) is 80.9 Å². The largest absolute Gasteiger partial charge is 0.504 e. The molecule has 1 aromatic carbocycles. The lowest BCUT2D eigenvalue weighted by molar-refractivity contribution is -0.0505. The van der Waals surface area contributed by atoms with Crippen LogP contribution < -0.4 is 0 Å². The quantitative estimate of drug-likeness (QED) is 0.554. The van der Waals surface area contributed by atoms with E-state index < -0.39 is 12.2 Å². The fourth-order valence-electron chi connectivity index (χ4n) is 5.58. The summed E-state index contributed by atoms with van der Waals surface area (Å²) >= 11 is 0. The van der Waals surface area contributed by atoms with Gasteiger partial charge in [0.15, 0.2) is 11.5 Å². The number of aliphatic hydroxyl groups excluding tert-OH is 2. The molecule has 6 atom stereocenters. The zero-order valence-corrected chi connectivity index (χ0v) is 12.9. The maximum Gasteiger partial charge on any atom is 0.157 e. The maximum absolute atomic E-state index is 10.4. The molecule has 4 N–H and O–H groups in total. The molecule has 0 heterocycles. The van der Waals surface area contributed by atoms with Crippen molar-refractivity contribution in [2.45, 2.75) is 57.2 Å². The maximum atomic E-state index is 10.4. The van der Waals surface area contributed by atoms with Gasteiger partial charge in [-0.3, -0.25) is 0 Å². The van der Waals surface area contributed by atoms with Gasteiger partial charge < -0.3 is 20.4 Å². The molecule has 22 heavy (non-hydrogen) atoms. The predicted octanol–water partition coefficient (Wildman–Crippen LogP) is 2.29. The highest BCUT2D eigenvalue weighted by Crippen LogP contribution is 2.61. The third-order valence-electron chi connectivity index (χ3n) is 6.79. The monoisotopic (exact) mass is 304 g/mol. The molecule has 0 radical (unpaired) electrons. The Morgan fingerprint density at radius 1 is 1.09 bits per heavy atom. The minimum Gasteiger partial charge on any atom is -0.504 e. The lowest BCUT2D eigenvalue weighted by Crippen LogP contribution is -2.44. The molecule has 4 nitrogen and oxygen atoms in total. The van der Waals surface area contributed by atoms with Crippen molar-refractivity contribution in [1.82, 2.24) is 0 Å². The number of phenolic OH excluding ortho intramolecular Hbond substituents is 2. The van der Waals surface area contributed by atoms with Gasteiger partial charge in [0.1, 0.15) is 0 Å². The van der Waals surface area contributed by atoms with E-state index in [1.54, 1.807) is 12.1 Å². The molecule has 2 saturated carbocycles. The van der Waals surface area contributed by atoms with Crippen molar-refractivity contribution in [3.63, 3.8) is 0 Å². The van der Waals surface area contributed by atoms with E-state index in [9.17, 15) is 20.4 Å². The minimum atomic E-state index is -0.618. The summed E-state index contributed by atoms with van der Waals surface area (Å²) in [6.07, 6.45) is 3.25. The molecule has 3 aliphatic carbocycles. The molecule has 4 heteroatoms. The normalized spacial score (nSPS) is 43.3. The summed E-state index contributed by atoms with van der Waals surface area (Å²) < 4.78 is 0. The van der Waals surface area contributed by atoms with Gasteiger partial charge in [-0.05, 0) is 78.5 Å². The van der Waals surface area contributed by atoms with E-state index in [1.165, 1.54) is 0 Å². The van der Waals surface area contributed by atoms with E-state index >= 15 is 0 Å². The van der Waals surface area contributed by atoms with Crippen molar-refractivity contribution in [3.05, 3.63) is 23.3 Å². The van der Waals surface area contributed by atoms with E-state index in [4.69, 9.17) is 0 Å². The van der Waals surface area contributed by atoms with E-state index in [0.29, 0.717) is 24.2 Å². The second-order valence-corrected chi connectivity index (χ2v) is 7.75. The van der Waals surface area contributed by atoms with Crippen LogP contribution in [0.5, 0.6) is 11.5 Å². The molecular formula is C18H24O4. The van der Waals surface area contributed by atoms with Crippen LogP contribution in [0.1, 0.15) is 49.7 Å². The average Bonchev–Trinajstić information content (AvgIpc) is 2.72. The zero-order valence-electron chi connectivity index (χ0n) is 12.9. The number of aromatic hydroxyl groups is 2. The van der Waals surface area contributed by atoms with Gasteiger partial charge in [0.25, 0.3) is 0 Å². The number of phenols is 2. The third kappa shape index (κ3) is 1.77. The third-order valence-corrected chi connectivity index (χ3v) is 6.79. The Morgan fingerprint density at radius 2 is 1.82 bits per heavy atom. The SMILES string of the molecule is C[C@]12CC[C@@H]3c4cc(O)c(O)cc4CC[C@H]3[C@@H]1C[C@@H](O)C2O. The minimum absolute atomic E-state index is 0.0374. The summed E-state index contributed by atoms with van der Waals surface area (Å²) in [5.74, 6) is 1.07. The molecule has 1 aromatic rings. The first-order valence-electron chi connectivity index (χ1n) is 8.32. The molecule has 0 saturated heterocycles. The van der Waals surface area contributed by atoms with Crippen molar-refractivity contribution < 1.29 is 20.4 Å². The standard InChI is InChI=1S/C18H24O4/c1-18-5-4-10-11(13(18)8-16(21)17(18)22)3-2-9-6-14(19)15(20)7-12(9)10/h6-7,10-11,13,16-17,19-22H,2-5,8H2,1H3/t10-,11+,13-,16+,17?,18-/m0/s1. The Hall–Kier alpha value is -1.26. The first-order valence-corrected chi connectivity index (χ1v) is 8.32. The first-order chi connectivity index (χ1) is 10.4. The molecular weight excluding hydrogens is 280 g/mol. The Kier molecular flexibility index (Phi) is 3.01. The lowest BCUT2D eigenvalue weighted by Gasteiger charge is -2.49. The Bertz CT molecular complexity index is 613. The second-order valence-electron chi connectivity index (χ2n) is 7.75. The van der Waals surface area contributed by atoms with E-state index in [-0.39, 0.29) is 16.9 Å². The molecule has 3 aliphatic rings. The molecule has 120 valence electrons. The highest BCUT2D eigenvalue weighted by atomic mass is 16.3. The van der Waals surface area contributed by atoms with Gasteiger partial charge in [0, 0.05) is 0 Å². The van der Waals surface area contributed by atoms with Gasteiger partial charge in [-0.15, -0.1) is 0 Å². The number of hydrogen-bond donors (Lipinski definition) is 4. The zero-order chi connectivity index (χ0) is 15.6. The summed E-state index contributed by atoms with van der Waals surface area (Å²) in [6.45, 7) is 2.12. The Morgan fingerprint density at radius 3 is 2.59 bits per heavy atom. The van der Waals surface area contributed by atoms with E-state index in [2.05, 4.69) is 6.92 Å². The molecule has 1 unspecified atom stereocenters. The molecule has 2 fully saturated rings. The van der Waals surface area contributed by atoms with Crippen molar-refractivity contribution in [2.75, 3.05) is 0 Å². The molecule has 0 aromatic heterocycles. The van der Waals surface area contributed by atoms with Crippen LogP contribution in [0, 0.1) is 17.3 Å². The Balaban J connectivity index is 1.73. The Labute approximate surface area is 130 Å². The van der Waals surface area contributed by atoms with Crippen molar-refractivity contribution in [2.24, 2.45) is 17.3 Å². The van der Waals surface area contributed by atoms with E-state index in [1.807, 2.05) is 0 Å². The van der Waals surface area contributed by atoms with Crippen LogP contribution in [-0.4, -0.2) is 32.6 Å². The molecule has 0 spiro atoms. The summed E-state index contributed by atoms with van der Waals surface area (Å²) in [6, 6.07) is 3.43. The summed E-state index contributed by atoms with van der Waals surface area (Å²) in [5, 5.41) is 40.1. The molecule has 0 aliphatic heterocycles. The number of aliphatic hydroxyl groups is 2. The van der Waals surface area contributed by atoms with Crippen molar-refractivity contribution >= 4 is 0 Å². The predicted molar refractivity (Wildman–Crippen MR) is 81.8 cm³/mol. The van der Waals surface area contributed by atoms with E-state index in [0.717, 1.165) is 36.8 Å². The van der Waals surface area contributed by atoms with Gasteiger partial charge in [-0.25, -0.2) is 0 Å². The fraction of sp³-hybridized carbons (Fsp3) is 0.667. The summed E-state index contributed by atoms with van der Waals surface area (Å²) in [4.78, 5) is 0. The average molecular weight is 304 g/mol. The van der Waals surface area contributed by atoms with Gasteiger partial charge in [-0.1, -0.05) is 6.92 Å². The van der Waals surface area contributed by atoms with Crippen LogP contribution >= 0.6 is 0 Å². The number of hydrogen-bond acceptors (Lipinski definition) is 4. The van der Waals surface area contributed by atoms with Crippen LogP contribution in [0.4, 0.5) is 0 Å². The van der Waals surface area contributed by atoms with Crippen LogP contribution in [0.25, 0.3) is 0 Å². The lowest BCUT2D eigenvalue weighted by atomic mass is 9.55. The van der Waals surface area contributed by atoms with Gasteiger partial charge in [0.2, 0.25) is 0 Å². The van der Waals surface area contributed by atoms with Crippen LogP contribution in [-0.2, 0) is 6.42 Å². The highest BCUT2D eigenvalue weighted by Gasteiger charge is 2.57. The smallest absolute Gasteiger partial charge is 0.157 e. The van der Waals surface area contributed by atoms with Crippen LogP contribution in [0.3, 0.4) is 0 Å². The molecule has 0 bridgehead atoms. The number of fused-ring (bicyclic) bond motifs is 5. The van der Waals surface area contributed by atoms with Crippen LogP contribution in [0.15, 0.2) is 12.1 Å². The van der Waals surface area contributed by atoms with Gasteiger partial charge in [0.05, 0.1) is 12.2 Å². The van der Waals surface area contributed by atoms with Gasteiger partial charge in [-0.2, -0.15) is 0 Å². The second kappa shape index (κ2) is 4.62. The summed E-state index contributed by atoms with van der Waals surface area (Å²) in [5.41, 5.74) is 2.11. The fourth-order valence-corrected chi connectivity index (χ4v) is 5.58. The molecule has 4 rings (SSSR count). The molecule has 0 amide bonds. The number of benzene rings is 1. The summed E-state index contributed by atoms with van der Waals surface area (Å²) in [7, 11) is 0. The van der Waals surface area contributed by atoms with Crippen molar-refractivity contribution in [1.29, 1.82) is 0 Å².